The van der Waals surface area contributed by atoms with Gasteiger partial charge in [0.15, 0.2) is 18.3 Å². The van der Waals surface area contributed by atoms with Gasteiger partial charge in [-0.1, -0.05) is 25.7 Å². The molecule has 2 bridgehead atoms. The highest BCUT2D eigenvalue weighted by atomic mass is 16.7. The Labute approximate surface area is 199 Å². The highest BCUT2D eigenvalue weighted by Crippen LogP contribution is 2.50. The number of hydrogen-bond donors (Lipinski definition) is 2. The van der Waals surface area contributed by atoms with Gasteiger partial charge in [0.25, 0.3) is 0 Å². The second kappa shape index (κ2) is 9.28. The van der Waals surface area contributed by atoms with Crippen LogP contribution in [0, 0.1) is 11.8 Å². The van der Waals surface area contributed by atoms with Crippen LogP contribution < -0.4 is 0 Å². The topological polar surface area (TPSA) is 129 Å². The molecule has 2 N–H and O–H groups in total. The number of esters is 3. The summed E-state index contributed by atoms with van der Waals surface area (Å²) in [5, 5.41) is 23.1. The molecule has 0 saturated carbocycles. The van der Waals surface area contributed by atoms with Crippen LogP contribution in [0.25, 0.3) is 0 Å². The number of carbonyl (C=O) groups is 3. The van der Waals surface area contributed by atoms with Crippen molar-refractivity contribution in [2.75, 3.05) is 0 Å². The molecule has 0 radical (unpaired) electrons. The van der Waals surface area contributed by atoms with E-state index in [2.05, 4.69) is 6.58 Å². The summed E-state index contributed by atoms with van der Waals surface area (Å²) < 4.78 is 23.0. The second-order valence-electron chi connectivity index (χ2n) is 9.71. The normalized spacial score (nSPS) is 40.6. The summed E-state index contributed by atoms with van der Waals surface area (Å²) in [6.45, 7) is 13.5. The highest BCUT2D eigenvalue weighted by molar-refractivity contribution is 5.92. The molecule has 9 nitrogen and oxygen atoms in total. The Balaban J connectivity index is 2.17. The minimum atomic E-state index is -1.98. The summed E-state index contributed by atoms with van der Waals surface area (Å²) in [6, 6.07) is 0. The van der Waals surface area contributed by atoms with Crippen LogP contribution in [-0.2, 0) is 33.3 Å². The van der Waals surface area contributed by atoms with E-state index in [9.17, 15) is 24.6 Å². The van der Waals surface area contributed by atoms with Crippen molar-refractivity contribution in [3.63, 3.8) is 0 Å². The van der Waals surface area contributed by atoms with Crippen LogP contribution in [0.2, 0.25) is 0 Å². The minimum Gasteiger partial charge on any atom is -0.454 e. The number of allylic oxidation sites excluding steroid dienone is 2. The van der Waals surface area contributed by atoms with Gasteiger partial charge < -0.3 is 29.2 Å². The van der Waals surface area contributed by atoms with E-state index in [1.54, 1.807) is 46.8 Å². The van der Waals surface area contributed by atoms with Crippen molar-refractivity contribution in [3.8, 4) is 0 Å². The summed E-state index contributed by atoms with van der Waals surface area (Å²) in [4.78, 5) is 38.1. The van der Waals surface area contributed by atoms with Crippen molar-refractivity contribution in [3.05, 3.63) is 35.5 Å². The zero-order valence-electron chi connectivity index (χ0n) is 20.5. The molecule has 3 heterocycles. The third-order valence-corrected chi connectivity index (χ3v) is 7.20. The van der Waals surface area contributed by atoms with Gasteiger partial charge >= 0.3 is 17.9 Å². The zero-order chi connectivity index (χ0) is 25.6. The number of hydrogen-bond acceptors (Lipinski definition) is 9. The lowest BCUT2D eigenvalue weighted by Gasteiger charge is -2.41. The van der Waals surface area contributed by atoms with Crippen molar-refractivity contribution in [1.82, 2.24) is 0 Å². The van der Waals surface area contributed by atoms with Gasteiger partial charge in [0, 0.05) is 29.1 Å². The summed E-state index contributed by atoms with van der Waals surface area (Å²) in [7, 11) is 0. The maximum Gasteiger partial charge on any atom is 0.334 e. The molecule has 3 fully saturated rings. The van der Waals surface area contributed by atoms with Crippen molar-refractivity contribution < 1.29 is 43.5 Å². The van der Waals surface area contributed by atoms with Gasteiger partial charge in [-0.05, 0) is 41.0 Å². The maximum absolute atomic E-state index is 12.8. The van der Waals surface area contributed by atoms with E-state index in [-0.39, 0.29) is 17.6 Å². The molecule has 0 aromatic heterocycles. The molecular weight excluding hydrogens is 444 g/mol. The molecule has 0 aliphatic carbocycles. The number of rotatable bonds is 4. The van der Waals surface area contributed by atoms with Crippen molar-refractivity contribution in [2.45, 2.75) is 90.2 Å². The lowest BCUT2D eigenvalue weighted by Crippen LogP contribution is -2.58. The van der Waals surface area contributed by atoms with E-state index < -0.39 is 65.5 Å². The minimum absolute atomic E-state index is 0.0196. The van der Waals surface area contributed by atoms with Crippen molar-refractivity contribution in [1.29, 1.82) is 0 Å². The Bertz CT molecular complexity index is 946. The van der Waals surface area contributed by atoms with Crippen LogP contribution in [0.1, 0.15) is 54.4 Å². The number of fused-ring (bicyclic) bond motifs is 3. The molecule has 9 heteroatoms. The summed E-state index contributed by atoms with van der Waals surface area (Å²) in [6.07, 6.45) is -1.21. The Morgan fingerprint density at radius 2 is 1.62 bits per heavy atom. The molecule has 0 unspecified atom stereocenters. The Kier molecular flexibility index (Phi) is 7.13. The standard InChI is InChI=1S/C25H34O9/c1-8-12(3)21(26)32-19-17-15(6)23(28)31-18(17)20(33-22(27)13(4)9-2)24(7,29)11-16-10-14(5)25(19,30)34-16/h8-9,14,16-20,29-30H,6,10-11H2,1-5,7H3/b12-8-,13-9-/t14-,16-,17+,18+,19-,20+,24+,25-/m0/s1. The lowest BCUT2D eigenvalue weighted by atomic mass is 9.75. The van der Waals surface area contributed by atoms with E-state index in [0.29, 0.717) is 12.0 Å². The molecule has 0 amide bonds. The first-order chi connectivity index (χ1) is 15.8. The Hall–Kier alpha value is -2.49. The van der Waals surface area contributed by atoms with Gasteiger partial charge in [-0.15, -0.1) is 0 Å². The van der Waals surface area contributed by atoms with Crippen LogP contribution in [0.5, 0.6) is 0 Å². The van der Waals surface area contributed by atoms with Gasteiger partial charge in [0.1, 0.15) is 5.60 Å². The average Bonchev–Trinajstić information content (AvgIpc) is 3.22. The SMILES string of the molecule is C=C1C(=O)O[C@@H]2[C@@H]1[C@H](OC(=O)/C(C)=C\C)[C@@]1(O)O[C@@H](C[C@@H]1C)C[C@@](C)(O)[C@@H]2OC(=O)/C(C)=C\C. The van der Waals surface area contributed by atoms with Gasteiger partial charge in [-0.3, -0.25) is 0 Å². The van der Waals surface area contributed by atoms with Crippen LogP contribution >= 0.6 is 0 Å². The first-order valence-corrected chi connectivity index (χ1v) is 11.5. The average molecular weight is 479 g/mol. The van der Waals surface area contributed by atoms with Crippen LogP contribution in [-0.4, -0.2) is 63.9 Å². The summed E-state index contributed by atoms with van der Waals surface area (Å²) >= 11 is 0. The van der Waals surface area contributed by atoms with Gasteiger partial charge in [-0.2, -0.15) is 0 Å². The Morgan fingerprint density at radius 1 is 1.09 bits per heavy atom. The number of carbonyl (C=O) groups excluding carboxylic acids is 3. The van der Waals surface area contributed by atoms with E-state index >= 15 is 0 Å². The third kappa shape index (κ3) is 4.44. The third-order valence-electron chi connectivity index (χ3n) is 7.20. The second-order valence-corrected chi connectivity index (χ2v) is 9.71. The van der Waals surface area contributed by atoms with Crippen molar-refractivity contribution in [2.24, 2.45) is 11.8 Å². The van der Waals surface area contributed by atoms with Crippen molar-refractivity contribution >= 4 is 17.9 Å². The van der Waals surface area contributed by atoms with Gasteiger partial charge in [0.05, 0.1) is 12.0 Å². The van der Waals surface area contributed by atoms with E-state index in [1.165, 1.54) is 6.92 Å². The molecule has 34 heavy (non-hydrogen) atoms. The number of aliphatic hydroxyl groups is 2. The van der Waals surface area contributed by atoms with Crippen LogP contribution in [0.4, 0.5) is 0 Å². The molecule has 3 aliphatic heterocycles. The molecule has 0 aromatic carbocycles. The Morgan fingerprint density at radius 3 is 2.15 bits per heavy atom. The predicted molar refractivity (Wildman–Crippen MR) is 120 cm³/mol. The predicted octanol–water partition coefficient (Wildman–Crippen LogP) is 2.11. The van der Waals surface area contributed by atoms with Gasteiger partial charge in [-0.25, -0.2) is 14.4 Å². The maximum atomic E-state index is 12.8. The first-order valence-electron chi connectivity index (χ1n) is 11.5. The quantitative estimate of drug-likeness (QED) is 0.355. The first kappa shape index (κ1) is 26.1. The lowest BCUT2D eigenvalue weighted by molar-refractivity contribution is -0.277. The molecule has 188 valence electrons. The van der Waals surface area contributed by atoms with E-state index in [1.807, 2.05) is 0 Å². The molecule has 8 atom stereocenters. The summed E-state index contributed by atoms with van der Waals surface area (Å²) in [5.41, 5.74) is -1.19. The van der Waals surface area contributed by atoms with Crippen LogP contribution in [0.3, 0.4) is 0 Å². The van der Waals surface area contributed by atoms with E-state index in [0.717, 1.165) is 0 Å². The van der Waals surface area contributed by atoms with E-state index in [4.69, 9.17) is 18.9 Å². The molecule has 3 rings (SSSR count). The highest BCUT2D eigenvalue weighted by Gasteiger charge is 2.65. The zero-order valence-corrected chi connectivity index (χ0v) is 20.5. The monoisotopic (exact) mass is 478 g/mol. The molecular formula is C25H34O9. The number of ether oxygens (including phenoxy) is 4. The largest absolute Gasteiger partial charge is 0.454 e. The fourth-order valence-electron chi connectivity index (χ4n) is 4.87. The van der Waals surface area contributed by atoms with Crippen LogP contribution in [0.15, 0.2) is 35.5 Å². The smallest absolute Gasteiger partial charge is 0.334 e. The van der Waals surface area contributed by atoms with Gasteiger partial charge in [0.2, 0.25) is 5.79 Å². The molecule has 3 aliphatic rings. The molecule has 0 aromatic rings. The fraction of sp³-hybridized carbons (Fsp3) is 0.640. The molecule has 0 spiro atoms. The molecule has 3 saturated heterocycles. The fourth-order valence-corrected chi connectivity index (χ4v) is 4.87. The summed E-state index contributed by atoms with van der Waals surface area (Å²) in [5.74, 6) is -5.84.